The van der Waals surface area contributed by atoms with E-state index < -0.39 is 0 Å². The second-order valence-corrected chi connectivity index (χ2v) is 5.18. The number of nitriles is 1. The van der Waals surface area contributed by atoms with E-state index in [-0.39, 0.29) is 5.89 Å². The van der Waals surface area contributed by atoms with E-state index in [9.17, 15) is 5.26 Å². The van der Waals surface area contributed by atoms with Gasteiger partial charge in [0.1, 0.15) is 17.4 Å². The normalized spacial score (nSPS) is 11.1. The van der Waals surface area contributed by atoms with E-state index in [1.54, 1.807) is 13.2 Å². The van der Waals surface area contributed by atoms with Crippen molar-refractivity contribution in [3.05, 3.63) is 65.5 Å². The van der Waals surface area contributed by atoms with Gasteiger partial charge in [-0.15, -0.1) is 0 Å². The maximum absolute atomic E-state index is 9.41. The lowest BCUT2D eigenvalue weighted by Gasteiger charge is -1.99. The highest BCUT2D eigenvalue weighted by Gasteiger charge is 2.14. The Bertz CT molecular complexity index is 918. The van der Waals surface area contributed by atoms with Crippen molar-refractivity contribution >= 4 is 11.6 Å². The molecule has 0 aliphatic heterocycles. The second-order valence-electron chi connectivity index (χ2n) is 5.18. The summed E-state index contributed by atoms with van der Waals surface area (Å²) >= 11 is 0. The molecule has 0 amide bonds. The predicted molar refractivity (Wildman–Crippen MR) is 90.9 cm³/mol. The van der Waals surface area contributed by atoms with Crippen LogP contribution in [0.4, 0.5) is 0 Å². The molecule has 5 heteroatoms. The van der Waals surface area contributed by atoms with Crippen LogP contribution < -0.4 is 4.74 Å². The van der Waals surface area contributed by atoms with Crippen molar-refractivity contribution in [3.8, 4) is 23.2 Å². The van der Waals surface area contributed by atoms with Crippen LogP contribution in [0.25, 0.3) is 23.0 Å². The molecule has 3 rings (SSSR count). The molecule has 0 N–H and O–H groups in total. The van der Waals surface area contributed by atoms with Crippen molar-refractivity contribution in [1.29, 1.82) is 5.26 Å². The first-order valence-electron chi connectivity index (χ1n) is 7.37. The zero-order valence-corrected chi connectivity index (χ0v) is 13.4. The summed E-state index contributed by atoms with van der Waals surface area (Å²) in [5, 5.41) is 13.4. The smallest absolute Gasteiger partial charge is 0.268 e. The van der Waals surface area contributed by atoms with Crippen molar-refractivity contribution in [1.82, 2.24) is 10.1 Å². The molecule has 0 unspecified atom stereocenters. The second kappa shape index (κ2) is 6.80. The summed E-state index contributed by atoms with van der Waals surface area (Å²) in [5.74, 6) is 1.43. The molecule has 5 nitrogen and oxygen atoms in total. The van der Waals surface area contributed by atoms with E-state index in [1.165, 1.54) is 0 Å². The number of rotatable bonds is 4. The molecule has 24 heavy (non-hydrogen) atoms. The lowest BCUT2D eigenvalue weighted by Crippen LogP contribution is -1.86. The van der Waals surface area contributed by atoms with Crippen LogP contribution in [0.1, 0.15) is 17.0 Å². The van der Waals surface area contributed by atoms with Gasteiger partial charge in [-0.25, -0.2) is 0 Å². The van der Waals surface area contributed by atoms with Crippen LogP contribution in [0.15, 0.2) is 53.1 Å². The molecule has 0 aliphatic carbocycles. The maximum atomic E-state index is 9.41. The minimum Gasteiger partial charge on any atom is -0.497 e. The number of aromatic nitrogens is 2. The highest BCUT2D eigenvalue weighted by atomic mass is 16.5. The molecule has 3 aromatic rings. The van der Waals surface area contributed by atoms with E-state index in [4.69, 9.17) is 9.26 Å². The third-order valence-electron chi connectivity index (χ3n) is 3.59. The molecule has 0 atom stereocenters. The Hall–Kier alpha value is -3.39. The van der Waals surface area contributed by atoms with Gasteiger partial charge in [0.2, 0.25) is 5.82 Å². The molecule has 0 aliphatic rings. The van der Waals surface area contributed by atoms with Crippen molar-refractivity contribution in [2.45, 2.75) is 6.92 Å². The molecular formula is C19H15N3O2. The molecule has 1 heterocycles. The lowest BCUT2D eigenvalue weighted by atomic mass is 10.1. The monoisotopic (exact) mass is 317 g/mol. The van der Waals surface area contributed by atoms with E-state index in [2.05, 4.69) is 16.2 Å². The number of aryl methyl sites for hydroxylation is 1. The van der Waals surface area contributed by atoms with Gasteiger partial charge in [-0.1, -0.05) is 41.6 Å². The number of methoxy groups -OCH3 is 1. The molecule has 0 saturated heterocycles. The lowest BCUT2D eigenvalue weighted by molar-refractivity contribution is 0.409. The first-order chi connectivity index (χ1) is 11.7. The maximum Gasteiger partial charge on any atom is 0.268 e. The summed E-state index contributed by atoms with van der Waals surface area (Å²) in [6.45, 7) is 1.98. The first kappa shape index (κ1) is 15.5. The van der Waals surface area contributed by atoms with E-state index in [1.807, 2.05) is 55.5 Å². The molecule has 0 radical (unpaired) electrons. The number of hydrogen-bond acceptors (Lipinski definition) is 5. The van der Waals surface area contributed by atoms with Crippen LogP contribution in [-0.4, -0.2) is 17.3 Å². The Balaban J connectivity index is 1.93. The highest BCUT2D eigenvalue weighted by molar-refractivity contribution is 5.86. The van der Waals surface area contributed by atoms with Gasteiger partial charge in [-0.2, -0.15) is 10.2 Å². The van der Waals surface area contributed by atoms with E-state index >= 15 is 0 Å². The summed E-state index contributed by atoms with van der Waals surface area (Å²) in [7, 11) is 1.61. The molecule has 0 fully saturated rings. The van der Waals surface area contributed by atoms with Gasteiger partial charge in [0.05, 0.1) is 7.11 Å². The molecule has 118 valence electrons. The summed E-state index contributed by atoms with van der Waals surface area (Å²) in [6, 6.07) is 17.2. The van der Waals surface area contributed by atoms with Crippen LogP contribution in [0.2, 0.25) is 0 Å². The van der Waals surface area contributed by atoms with Crippen LogP contribution >= 0.6 is 0 Å². The number of benzene rings is 2. The van der Waals surface area contributed by atoms with Gasteiger partial charge in [-0.05, 0) is 36.3 Å². The van der Waals surface area contributed by atoms with Gasteiger partial charge in [0.15, 0.2) is 0 Å². The van der Waals surface area contributed by atoms with Gasteiger partial charge in [0.25, 0.3) is 5.89 Å². The number of allylic oxidation sites excluding steroid dienone is 1. The molecule has 2 aromatic carbocycles. The Morgan fingerprint density at radius 1 is 1.17 bits per heavy atom. The highest BCUT2D eigenvalue weighted by Crippen LogP contribution is 2.23. The molecule has 0 saturated carbocycles. The average molecular weight is 317 g/mol. The van der Waals surface area contributed by atoms with Crippen LogP contribution in [-0.2, 0) is 0 Å². The van der Waals surface area contributed by atoms with Crippen molar-refractivity contribution in [2.24, 2.45) is 0 Å². The van der Waals surface area contributed by atoms with Crippen LogP contribution in [0.3, 0.4) is 0 Å². The molecule has 0 bridgehead atoms. The zero-order valence-electron chi connectivity index (χ0n) is 13.4. The Morgan fingerprint density at radius 3 is 2.58 bits per heavy atom. The zero-order chi connectivity index (χ0) is 16.9. The number of hydrogen-bond donors (Lipinski definition) is 0. The Labute approximate surface area is 139 Å². The molecular weight excluding hydrogens is 302 g/mol. The van der Waals surface area contributed by atoms with Crippen molar-refractivity contribution < 1.29 is 9.26 Å². The first-order valence-corrected chi connectivity index (χ1v) is 7.37. The topological polar surface area (TPSA) is 71.9 Å². The predicted octanol–water partition coefficient (Wildman–Crippen LogP) is 4.12. The quantitative estimate of drug-likeness (QED) is 0.677. The van der Waals surface area contributed by atoms with Crippen molar-refractivity contribution in [3.63, 3.8) is 0 Å². The third-order valence-corrected chi connectivity index (χ3v) is 3.59. The standard InChI is InChI=1S/C19H15N3O2/c1-13-5-3-4-6-17(13)18-21-19(24-22-18)15(12-20)11-14-7-9-16(23-2)10-8-14/h3-11H,1-2H3. The van der Waals surface area contributed by atoms with Gasteiger partial charge in [0, 0.05) is 5.56 Å². The molecule has 0 spiro atoms. The number of nitrogens with zero attached hydrogens (tertiary/aromatic N) is 3. The number of ether oxygens (including phenoxy) is 1. The summed E-state index contributed by atoms with van der Waals surface area (Å²) in [6.07, 6.45) is 1.70. The fraction of sp³-hybridized carbons (Fsp3) is 0.105. The minimum absolute atomic E-state index is 0.201. The third kappa shape index (κ3) is 3.18. The van der Waals surface area contributed by atoms with Crippen LogP contribution in [0.5, 0.6) is 5.75 Å². The SMILES string of the molecule is COc1ccc(C=C(C#N)c2nc(-c3ccccc3C)no2)cc1. The minimum atomic E-state index is 0.201. The summed E-state index contributed by atoms with van der Waals surface area (Å²) < 4.78 is 10.4. The fourth-order valence-electron chi connectivity index (χ4n) is 2.27. The largest absolute Gasteiger partial charge is 0.497 e. The van der Waals surface area contributed by atoms with Gasteiger partial charge >= 0.3 is 0 Å². The molecule has 1 aromatic heterocycles. The Kier molecular flexibility index (Phi) is 4.39. The van der Waals surface area contributed by atoms with E-state index in [0.29, 0.717) is 11.4 Å². The summed E-state index contributed by atoms with van der Waals surface area (Å²) in [4.78, 5) is 4.35. The van der Waals surface area contributed by atoms with Gasteiger partial charge < -0.3 is 9.26 Å². The van der Waals surface area contributed by atoms with Gasteiger partial charge in [-0.3, -0.25) is 0 Å². The van der Waals surface area contributed by atoms with Crippen LogP contribution in [0, 0.1) is 18.3 Å². The summed E-state index contributed by atoms with van der Waals surface area (Å²) in [5.41, 5.74) is 3.09. The Morgan fingerprint density at radius 2 is 1.92 bits per heavy atom. The fourth-order valence-corrected chi connectivity index (χ4v) is 2.27. The van der Waals surface area contributed by atoms with E-state index in [0.717, 1.165) is 22.4 Å². The van der Waals surface area contributed by atoms with Crippen molar-refractivity contribution in [2.75, 3.05) is 7.11 Å². The average Bonchev–Trinajstić information content (AvgIpc) is 3.10.